The minimum atomic E-state index is -0.283. The van der Waals surface area contributed by atoms with Crippen LogP contribution >= 0.6 is 0 Å². The molecule has 0 unspecified atom stereocenters. The van der Waals surface area contributed by atoms with Crippen LogP contribution in [-0.2, 0) is 22.6 Å². The number of nitrogens with zero attached hydrogens (tertiary/aromatic N) is 5. The summed E-state index contributed by atoms with van der Waals surface area (Å²) in [6, 6.07) is 9.25. The molecule has 2 saturated heterocycles. The van der Waals surface area contributed by atoms with Crippen molar-refractivity contribution in [3.63, 3.8) is 0 Å². The zero-order valence-corrected chi connectivity index (χ0v) is 15.7. The third-order valence-corrected chi connectivity index (χ3v) is 5.42. The molecule has 0 saturated carbocycles. The van der Waals surface area contributed by atoms with Crippen LogP contribution in [0.3, 0.4) is 0 Å². The summed E-state index contributed by atoms with van der Waals surface area (Å²) in [6.45, 7) is 3.79. The molecule has 1 amide bonds. The van der Waals surface area contributed by atoms with Crippen LogP contribution in [0.1, 0.15) is 18.7 Å². The van der Waals surface area contributed by atoms with E-state index in [1.165, 1.54) is 4.57 Å². The lowest BCUT2D eigenvalue weighted by atomic mass is 10.2. The standard InChI is InChI=1S/C20H23N5O3/c21-7-8-25-18(22-16-5-2-1-4-15(16)19(25)26)14-23-9-11-24(12-10-23)20(27)17-6-3-13-28-17/h1-2,4-5,17H,3,6,8-14H2/t17-/m0/s1. The van der Waals surface area contributed by atoms with E-state index in [1.54, 1.807) is 12.1 Å². The van der Waals surface area contributed by atoms with Crippen LogP contribution in [0.5, 0.6) is 0 Å². The molecule has 28 heavy (non-hydrogen) atoms. The maximum atomic E-state index is 12.8. The van der Waals surface area contributed by atoms with Gasteiger partial charge in [-0.1, -0.05) is 12.1 Å². The predicted molar refractivity (Wildman–Crippen MR) is 102 cm³/mol. The summed E-state index contributed by atoms with van der Waals surface area (Å²) < 4.78 is 6.95. The van der Waals surface area contributed by atoms with Gasteiger partial charge in [0.2, 0.25) is 0 Å². The van der Waals surface area contributed by atoms with Crippen molar-refractivity contribution in [1.29, 1.82) is 5.26 Å². The molecule has 8 nitrogen and oxygen atoms in total. The molecule has 8 heteroatoms. The van der Waals surface area contributed by atoms with Gasteiger partial charge in [-0.2, -0.15) is 5.26 Å². The van der Waals surface area contributed by atoms with Gasteiger partial charge < -0.3 is 9.64 Å². The molecule has 0 radical (unpaired) electrons. The van der Waals surface area contributed by atoms with E-state index in [4.69, 9.17) is 10.00 Å². The van der Waals surface area contributed by atoms with Crippen LogP contribution in [0.4, 0.5) is 0 Å². The maximum absolute atomic E-state index is 12.8. The summed E-state index contributed by atoms with van der Waals surface area (Å²) >= 11 is 0. The number of benzene rings is 1. The minimum Gasteiger partial charge on any atom is -0.368 e. The molecule has 2 aliphatic heterocycles. The van der Waals surface area contributed by atoms with Gasteiger partial charge in [-0.3, -0.25) is 19.1 Å². The highest BCUT2D eigenvalue weighted by Crippen LogP contribution is 2.17. The average Bonchev–Trinajstić information content (AvgIpc) is 3.26. The predicted octanol–water partition coefficient (Wildman–Crippen LogP) is 0.743. The summed E-state index contributed by atoms with van der Waals surface area (Å²) in [4.78, 5) is 33.9. The molecule has 2 aliphatic rings. The lowest BCUT2D eigenvalue weighted by molar-refractivity contribution is -0.142. The van der Waals surface area contributed by atoms with Crippen molar-refractivity contribution in [2.24, 2.45) is 0 Å². The van der Waals surface area contributed by atoms with Crippen LogP contribution in [0.2, 0.25) is 0 Å². The van der Waals surface area contributed by atoms with Crippen molar-refractivity contribution >= 4 is 16.8 Å². The fourth-order valence-electron chi connectivity index (χ4n) is 3.87. The van der Waals surface area contributed by atoms with Gasteiger partial charge in [0, 0.05) is 32.8 Å². The van der Waals surface area contributed by atoms with Crippen LogP contribution in [0, 0.1) is 11.3 Å². The number of nitriles is 1. The first kappa shape index (κ1) is 18.6. The van der Waals surface area contributed by atoms with Gasteiger partial charge in [-0.25, -0.2) is 4.98 Å². The van der Waals surface area contributed by atoms with E-state index in [0.29, 0.717) is 56.1 Å². The number of hydrogen-bond donors (Lipinski definition) is 0. The lowest BCUT2D eigenvalue weighted by Gasteiger charge is -2.35. The molecule has 1 atom stereocenters. The molecule has 146 valence electrons. The number of aromatic nitrogens is 2. The molecule has 0 bridgehead atoms. The molecule has 0 spiro atoms. The van der Waals surface area contributed by atoms with Crippen molar-refractivity contribution in [2.45, 2.75) is 32.0 Å². The second-order valence-corrected chi connectivity index (χ2v) is 7.20. The molecular formula is C20H23N5O3. The second kappa shape index (κ2) is 8.09. The molecule has 1 aromatic heterocycles. The van der Waals surface area contributed by atoms with Gasteiger partial charge >= 0.3 is 0 Å². The van der Waals surface area contributed by atoms with Crippen LogP contribution in [0.15, 0.2) is 29.1 Å². The van der Waals surface area contributed by atoms with Crippen molar-refractivity contribution < 1.29 is 9.53 Å². The quantitative estimate of drug-likeness (QED) is 0.776. The largest absolute Gasteiger partial charge is 0.368 e. The van der Waals surface area contributed by atoms with Crippen LogP contribution in [0.25, 0.3) is 10.9 Å². The smallest absolute Gasteiger partial charge is 0.262 e. The summed E-state index contributed by atoms with van der Waals surface area (Å²) in [6.07, 6.45) is 1.47. The number of carbonyl (C=O) groups excluding carboxylic acids is 1. The number of hydrogen-bond acceptors (Lipinski definition) is 6. The Kier molecular flexibility index (Phi) is 5.37. The third-order valence-electron chi connectivity index (χ3n) is 5.42. The van der Waals surface area contributed by atoms with E-state index >= 15 is 0 Å². The topological polar surface area (TPSA) is 91.5 Å². The van der Waals surface area contributed by atoms with Crippen LogP contribution < -0.4 is 5.56 Å². The molecule has 2 aromatic rings. The normalized spacial score (nSPS) is 20.4. The third kappa shape index (κ3) is 3.63. The summed E-state index contributed by atoms with van der Waals surface area (Å²) in [5.74, 6) is 0.673. The molecule has 0 aliphatic carbocycles. The fourth-order valence-corrected chi connectivity index (χ4v) is 3.87. The van der Waals surface area contributed by atoms with Crippen molar-refractivity contribution in [3.05, 3.63) is 40.4 Å². The maximum Gasteiger partial charge on any atom is 0.262 e. The Morgan fingerprint density at radius 2 is 2.04 bits per heavy atom. The fraction of sp³-hybridized carbons (Fsp3) is 0.500. The van der Waals surface area contributed by atoms with Crippen molar-refractivity contribution in [1.82, 2.24) is 19.4 Å². The van der Waals surface area contributed by atoms with E-state index in [1.807, 2.05) is 17.0 Å². The zero-order valence-electron chi connectivity index (χ0n) is 15.7. The second-order valence-electron chi connectivity index (χ2n) is 7.20. The molecule has 1 aromatic carbocycles. The number of fused-ring (bicyclic) bond motifs is 1. The van der Waals surface area contributed by atoms with E-state index in [-0.39, 0.29) is 24.1 Å². The Balaban J connectivity index is 1.48. The Morgan fingerprint density at radius 1 is 1.25 bits per heavy atom. The number of ether oxygens (including phenoxy) is 1. The Labute approximate surface area is 162 Å². The average molecular weight is 381 g/mol. The molecular weight excluding hydrogens is 358 g/mol. The van der Waals surface area contributed by atoms with Gasteiger partial charge in [0.25, 0.3) is 11.5 Å². The van der Waals surface area contributed by atoms with Gasteiger partial charge in [0.15, 0.2) is 0 Å². The molecule has 0 N–H and O–H groups in total. The highest BCUT2D eigenvalue weighted by molar-refractivity contribution is 5.81. The van der Waals surface area contributed by atoms with E-state index in [0.717, 1.165) is 12.8 Å². The lowest BCUT2D eigenvalue weighted by Crippen LogP contribution is -2.51. The van der Waals surface area contributed by atoms with Gasteiger partial charge in [-0.15, -0.1) is 0 Å². The monoisotopic (exact) mass is 381 g/mol. The number of piperazine rings is 1. The van der Waals surface area contributed by atoms with Crippen molar-refractivity contribution in [3.8, 4) is 6.07 Å². The summed E-state index contributed by atoms with van der Waals surface area (Å²) in [5, 5.41) is 9.66. The zero-order chi connectivity index (χ0) is 19.5. The van der Waals surface area contributed by atoms with E-state index in [9.17, 15) is 9.59 Å². The first-order chi connectivity index (χ1) is 13.7. The summed E-state index contributed by atoms with van der Waals surface area (Å²) in [7, 11) is 0. The SMILES string of the molecule is N#CCn1c(CN2CCN(C(=O)[C@@H]3CCCO3)CC2)nc2ccccc2c1=O. The Hall–Kier alpha value is -2.76. The first-order valence-corrected chi connectivity index (χ1v) is 9.65. The Bertz CT molecular complexity index is 966. The summed E-state index contributed by atoms with van der Waals surface area (Å²) in [5.41, 5.74) is 0.457. The molecule has 3 heterocycles. The van der Waals surface area contributed by atoms with Gasteiger partial charge in [0.1, 0.15) is 18.5 Å². The first-order valence-electron chi connectivity index (χ1n) is 9.65. The number of amides is 1. The number of rotatable bonds is 4. The van der Waals surface area contributed by atoms with E-state index in [2.05, 4.69) is 16.0 Å². The van der Waals surface area contributed by atoms with Gasteiger partial charge in [0.05, 0.1) is 23.5 Å². The van der Waals surface area contributed by atoms with E-state index < -0.39 is 0 Å². The van der Waals surface area contributed by atoms with Crippen molar-refractivity contribution in [2.75, 3.05) is 32.8 Å². The highest BCUT2D eigenvalue weighted by Gasteiger charge is 2.30. The van der Waals surface area contributed by atoms with Gasteiger partial charge in [-0.05, 0) is 25.0 Å². The highest BCUT2D eigenvalue weighted by atomic mass is 16.5. The minimum absolute atomic E-state index is 0.0243. The molecule has 2 fully saturated rings. The Morgan fingerprint density at radius 3 is 2.75 bits per heavy atom. The van der Waals surface area contributed by atoms with Crippen LogP contribution in [-0.4, -0.2) is 64.1 Å². The molecule has 4 rings (SSSR count). The number of para-hydroxylation sites is 1. The number of carbonyl (C=O) groups is 1.